The summed E-state index contributed by atoms with van der Waals surface area (Å²) in [4.78, 5) is 21.2. The van der Waals surface area contributed by atoms with Gasteiger partial charge in [0.2, 0.25) is 0 Å². The van der Waals surface area contributed by atoms with Crippen molar-refractivity contribution in [3.63, 3.8) is 0 Å². The highest BCUT2D eigenvalue weighted by atomic mass is 32.2. The maximum atomic E-state index is 13.0. The Morgan fingerprint density at radius 3 is 2.50 bits per heavy atom. The van der Waals surface area contributed by atoms with E-state index >= 15 is 0 Å². The Morgan fingerprint density at radius 2 is 1.81 bits per heavy atom. The summed E-state index contributed by atoms with van der Waals surface area (Å²) in [6.45, 7) is 3.05. The van der Waals surface area contributed by atoms with Crippen molar-refractivity contribution in [2.24, 2.45) is 0 Å². The Hall–Kier alpha value is -2.89. The van der Waals surface area contributed by atoms with E-state index in [1.807, 2.05) is 11.9 Å². The first kappa shape index (κ1) is 22.3. The Labute approximate surface area is 190 Å². The molecule has 9 nitrogen and oxygen atoms in total. The maximum Gasteiger partial charge on any atom is 0.267 e. The molecule has 0 atom stereocenters. The van der Waals surface area contributed by atoms with Gasteiger partial charge in [0.15, 0.2) is 5.13 Å². The third kappa shape index (κ3) is 4.50. The molecule has 1 aromatic heterocycles. The van der Waals surface area contributed by atoms with E-state index in [-0.39, 0.29) is 21.7 Å². The van der Waals surface area contributed by atoms with E-state index in [1.54, 1.807) is 24.3 Å². The smallest absolute Gasteiger partial charge is 0.267 e. The van der Waals surface area contributed by atoms with Crippen molar-refractivity contribution in [1.29, 1.82) is 0 Å². The molecule has 0 unspecified atom stereocenters. The fourth-order valence-electron chi connectivity index (χ4n) is 3.46. The van der Waals surface area contributed by atoms with E-state index < -0.39 is 10.0 Å². The molecule has 1 fully saturated rings. The third-order valence-electron chi connectivity index (χ3n) is 5.31. The van der Waals surface area contributed by atoms with Gasteiger partial charge < -0.3 is 19.3 Å². The summed E-state index contributed by atoms with van der Waals surface area (Å²) in [5.41, 5.74) is 1.18. The number of rotatable bonds is 6. The Bertz CT molecular complexity index is 1250. The lowest BCUT2D eigenvalue weighted by atomic mass is 10.1. The lowest BCUT2D eigenvalue weighted by molar-refractivity contribution is 0.0664. The van der Waals surface area contributed by atoms with Crippen LogP contribution in [0.25, 0.3) is 10.2 Å². The molecule has 32 heavy (non-hydrogen) atoms. The van der Waals surface area contributed by atoms with Crippen LogP contribution in [0.5, 0.6) is 11.5 Å². The van der Waals surface area contributed by atoms with Gasteiger partial charge in [-0.25, -0.2) is 13.4 Å². The van der Waals surface area contributed by atoms with Gasteiger partial charge in [-0.15, -0.1) is 0 Å². The summed E-state index contributed by atoms with van der Waals surface area (Å²) in [5, 5.41) is 0.203. The Balaban J connectivity index is 1.59. The molecule has 0 saturated carbocycles. The Morgan fingerprint density at radius 1 is 1.06 bits per heavy atom. The molecule has 2 heterocycles. The van der Waals surface area contributed by atoms with Crippen molar-refractivity contribution in [3.8, 4) is 11.5 Å². The molecule has 1 saturated heterocycles. The van der Waals surface area contributed by atoms with Crippen molar-refractivity contribution < 1.29 is 22.7 Å². The van der Waals surface area contributed by atoms with Crippen LogP contribution in [0.2, 0.25) is 0 Å². The minimum Gasteiger partial charge on any atom is -0.497 e. The highest BCUT2D eigenvalue weighted by molar-refractivity contribution is 7.93. The van der Waals surface area contributed by atoms with Crippen LogP contribution < -0.4 is 14.2 Å². The molecule has 0 bridgehead atoms. The van der Waals surface area contributed by atoms with E-state index in [0.717, 1.165) is 17.8 Å². The minimum atomic E-state index is -3.97. The van der Waals surface area contributed by atoms with E-state index in [0.29, 0.717) is 29.9 Å². The molecule has 170 valence electrons. The molecule has 4 rings (SSSR count). The number of methoxy groups -OCH3 is 2. The minimum absolute atomic E-state index is 0.0309. The Kier molecular flexibility index (Phi) is 6.22. The second-order valence-corrected chi connectivity index (χ2v) is 10.1. The molecule has 1 amide bonds. The number of hydrogen-bond acceptors (Lipinski definition) is 8. The largest absolute Gasteiger partial charge is 0.497 e. The predicted octanol–water partition coefficient (Wildman–Crippen LogP) is 2.50. The number of fused-ring (bicyclic) bond motifs is 1. The van der Waals surface area contributed by atoms with Gasteiger partial charge in [-0.1, -0.05) is 11.3 Å². The number of thiazole rings is 1. The number of benzene rings is 2. The number of nitrogens with zero attached hydrogens (tertiary/aromatic N) is 3. The maximum absolute atomic E-state index is 13.0. The van der Waals surface area contributed by atoms with Gasteiger partial charge >= 0.3 is 0 Å². The summed E-state index contributed by atoms with van der Waals surface area (Å²) >= 11 is 1.17. The SMILES string of the molecule is COc1ccc(OC)c(S(=O)(=O)Nc2nc3ccc(C(=O)N4CCN(C)CC4)cc3s2)c1. The second-order valence-electron chi connectivity index (χ2n) is 7.42. The van der Waals surface area contributed by atoms with Crippen molar-refractivity contribution in [2.45, 2.75) is 4.90 Å². The zero-order valence-electron chi connectivity index (χ0n) is 18.0. The number of piperazine rings is 1. The molecule has 0 aliphatic carbocycles. The zero-order chi connectivity index (χ0) is 22.9. The predicted molar refractivity (Wildman–Crippen MR) is 123 cm³/mol. The van der Waals surface area contributed by atoms with Gasteiger partial charge in [-0.05, 0) is 37.4 Å². The highest BCUT2D eigenvalue weighted by Crippen LogP contribution is 2.32. The lowest BCUT2D eigenvalue weighted by Crippen LogP contribution is -2.47. The first-order chi connectivity index (χ1) is 15.3. The molecule has 11 heteroatoms. The molecule has 1 aliphatic rings. The van der Waals surface area contributed by atoms with Crippen LogP contribution in [0.4, 0.5) is 5.13 Å². The molecule has 1 N–H and O–H groups in total. The van der Waals surface area contributed by atoms with Gasteiger partial charge in [0.25, 0.3) is 15.9 Å². The van der Waals surface area contributed by atoms with Gasteiger partial charge in [-0.3, -0.25) is 9.52 Å². The van der Waals surface area contributed by atoms with Gasteiger partial charge in [0, 0.05) is 37.8 Å². The first-order valence-electron chi connectivity index (χ1n) is 9.94. The van der Waals surface area contributed by atoms with Gasteiger partial charge in [-0.2, -0.15) is 0 Å². The topological polar surface area (TPSA) is 101 Å². The lowest BCUT2D eigenvalue weighted by Gasteiger charge is -2.32. The molecule has 3 aromatic rings. The number of anilines is 1. The monoisotopic (exact) mass is 476 g/mol. The van der Waals surface area contributed by atoms with Crippen LogP contribution in [-0.2, 0) is 10.0 Å². The van der Waals surface area contributed by atoms with E-state index in [4.69, 9.17) is 9.47 Å². The summed E-state index contributed by atoms with van der Waals surface area (Å²) in [7, 11) is 0.923. The molecule has 0 radical (unpaired) electrons. The van der Waals surface area contributed by atoms with Crippen LogP contribution in [0.3, 0.4) is 0 Å². The summed E-state index contributed by atoms with van der Waals surface area (Å²) < 4.78 is 39.5. The molecular weight excluding hydrogens is 452 g/mol. The quantitative estimate of drug-likeness (QED) is 0.583. The van der Waals surface area contributed by atoms with Crippen molar-refractivity contribution in [1.82, 2.24) is 14.8 Å². The van der Waals surface area contributed by atoms with Crippen LogP contribution in [0.15, 0.2) is 41.3 Å². The number of nitrogens with one attached hydrogen (secondary N) is 1. The van der Waals surface area contributed by atoms with E-state index in [2.05, 4.69) is 14.6 Å². The first-order valence-corrected chi connectivity index (χ1v) is 12.2. The molecule has 1 aliphatic heterocycles. The fourth-order valence-corrected chi connectivity index (χ4v) is 5.78. The summed E-state index contributed by atoms with van der Waals surface area (Å²) in [6.07, 6.45) is 0. The number of ether oxygens (including phenoxy) is 2. The average Bonchev–Trinajstić information content (AvgIpc) is 3.19. The number of carbonyl (C=O) groups excluding carboxylic acids is 1. The zero-order valence-corrected chi connectivity index (χ0v) is 19.6. The van der Waals surface area contributed by atoms with Crippen LogP contribution in [0.1, 0.15) is 10.4 Å². The van der Waals surface area contributed by atoms with Gasteiger partial charge in [0.05, 0.1) is 24.4 Å². The van der Waals surface area contributed by atoms with Crippen molar-refractivity contribution in [3.05, 3.63) is 42.0 Å². The fraction of sp³-hybridized carbons (Fsp3) is 0.333. The van der Waals surface area contributed by atoms with Crippen LogP contribution in [-0.4, -0.2) is 76.6 Å². The average molecular weight is 477 g/mol. The highest BCUT2D eigenvalue weighted by Gasteiger charge is 2.24. The van der Waals surface area contributed by atoms with E-state index in [1.165, 1.54) is 37.7 Å². The summed E-state index contributed by atoms with van der Waals surface area (Å²) in [5.74, 6) is 0.554. The van der Waals surface area contributed by atoms with Crippen LogP contribution >= 0.6 is 11.3 Å². The van der Waals surface area contributed by atoms with Gasteiger partial charge in [0.1, 0.15) is 16.4 Å². The third-order valence-corrected chi connectivity index (χ3v) is 7.73. The number of aromatic nitrogens is 1. The number of hydrogen-bond donors (Lipinski definition) is 1. The van der Waals surface area contributed by atoms with Crippen molar-refractivity contribution in [2.75, 3.05) is 52.2 Å². The van der Waals surface area contributed by atoms with Crippen LogP contribution in [0, 0.1) is 0 Å². The second kappa shape index (κ2) is 8.93. The number of sulfonamides is 1. The molecule has 2 aromatic carbocycles. The van der Waals surface area contributed by atoms with E-state index in [9.17, 15) is 13.2 Å². The molecular formula is C21H24N4O5S2. The summed E-state index contributed by atoms with van der Waals surface area (Å²) in [6, 6.07) is 9.76. The molecule has 0 spiro atoms. The number of amides is 1. The normalized spacial score (nSPS) is 15.0. The van der Waals surface area contributed by atoms with Crippen molar-refractivity contribution >= 4 is 42.6 Å². The number of carbonyl (C=O) groups is 1. The number of likely N-dealkylation sites (N-methyl/N-ethyl adjacent to an activating group) is 1. The standard InChI is InChI=1S/C21H24N4O5S2/c1-24-8-10-25(11-9-24)20(26)14-4-6-16-18(12-14)31-21(22-16)23-32(27,28)19-13-15(29-2)5-7-17(19)30-3/h4-7,12-13H,8-11H2,1-3H3,(H,22,23).